The van der Waals surface area contributed by atoms with Gasteiger partial charge in [-0.2, -0.15) is 22.0 Å². The molecule has 0 heterocycles. The minimum atomic E-state index is -5.47. The van der Waals surface area contributed by atoms with Gasteiger partial charge in [0.05, 0.1) is 0 Å². The molecule has 0 aliphatic rings. The van der Waals surface area contributed by atoms with Crippen molar-refractivity contribution in [2.24, 2.45) is 0 Å². The molecule has 0 atom stereocenters. The number of allylic oxidation sites excluding steroid dienone is 1. The number of halogens is 5. The van der Waals surface area contributed by atoms with Gasteiger partial charge in [-0.25, -0.2) is 0 Å². The first-order valence-corrected chi connectivity index (χ1v) is 4.09. The Bertz CT molecular complexity index is 200. The first-order chi connectivity index (χ1) is 5.75. The fraction of sp³-hybridized carbons (Fsp3) is 0.500. The molecule has 0 aromatic carbocycles. The van der Waals surface area contributed by atoms with Gasteiger partial charge in [0, 0.05) is 0 Å². The minimum absolute atomic E-state index is 1.12. The third-order valence-electron chi connectivity index (χ3n) is 0.728. The Hall–Kier alpha value is -0.460. The van der Waals surface area contributed by atoms with Crippen molar-refractivity contribution in [1.82, 2.24) is 0 Å². The molecule has 0 aliphatic heterocycles. The first-order valence-electron chi connectivity index (χ1n) is 2.65. The van der Waals surface area contributed by atoms with Gasteiger partial charge in [-0.3, -0.25) is 0 Å². The predicted octanol–water partition coefficient (Wildman–Crippen LogP) is 1.93. The van der Waals surface area contributed by atoms with E-state index in [9.17, 15) is 22.0 Å². The monoisotopic (exact) mass is 226 g/mol. The average Bonchev–Trinajstić information content (AvgIpc) is 1.96. The highest BCUT2D eigenvalue weighted by Gasteiger charge is 2.39. The molecule has 9 heteroatoms. The lowest BCUT2D eigenvalue weighted by molar-refractivity contribution is -0.116. The van der Waals surface area contributed by atoms with E-state index in [0.717, 1.165) is 0 Å². The molecule has 0 saturated heterocycles. The molecule has 0 saturated carbocycles. The van der Waals surface area contributed by atoms with Gasteiger partial charge in [0.15, 0.2) is 6.35 Å². The summed E-state index contributed by atoms with van der Waals surface area (Å²) < 4.78 is 61.3. The molecule has 0 aliphatic carbocycles. The van der Waals surface area contributed by atoms with Crippen LogP contribution in [-0.4, -0.2) is 22.3 Å². The SMILES string of the molecule is OP(O)CO/C(F)=C(\F)C(F)(F)F. The van der Waals surface area contributed by atoms with Gasteiger partial charge < -0.3 is 14.5 Å². The zero-order valence-corrected chi connectivity index (χ0v) is 6.74. The lowest BCUT2D eigenvalue weighted by Crippen LogP contribution is -2.10. The first kappa shape index (κ1) is 12.5. The van der Waals surface area contributed by atoms with Gasteiger partial charge in [0.2, 0.25) is 8.38 Å². The second-order valence-electron chi connectivity index (χ2n) is 1.73. The van der Waals surface area contributed by atoms with Crippen LogP contribution in [0.15, 0.2) is 11.8 Å². The summed E-state index contributed by atoms with van der Waals surface area (Å²) in [7, 11) is -2.72. The summed E-state index contributed by atoms with van der Waals surface area (Å²) in [6.07, 6.45) is -6.59. The summed E-state index contributed by atoms with van der Waals surface area (Å²) >= 11 is 0. The van der Waals surface area contributed by atoms with E-state index in [4.69, 9.17) is 9.79 Å². The van der Waals surface area contributed by atoms with Crippen LogP contribution in [0.25, 0.3) is 0 Å². The zero-order valence-electron chi connectivity index (χ0n) is 5.85. The van der Waals surface area contributed by atoms with Gasteiger partial charge in [0.25, 0.3) is 5.83 Å². The predicted molar refractivity (Wildman–Crippen MR) is 32.6 cm³/mol. The van der Waals surface area contributed by atoms with Crippen molar-refractivity contribution < 1.29 is 36.5 Å². The molecule has 78 valence electrons. The van der Waals surface area contributed by atoms with Crippen molar-refractivity contribution in [2.75, 3.05) is 6.35 Å². The third-order valence-corrected chi connectivity index (χ3v) is 1.09. The summed E-state index contributed by atoms with van der Waals surface area (Å²) in [4.78, 5) is 16.2. The van der Waals surface area contributed by atoms with Crippen LogP contribution in [0, 0.1) is 0 Å². The Balaban J connectivity index is 4.28. The molecule has 0 aromatic rings. The molecule has 0 radical (unpaired) electrons. The lowest BCUT2D eigenvalue weighted by atomic mass is 10.5. The molecule has 13 heavy (non-hydrogen) atoms. The van der Waals surface area contributed by atoms with Gasteiger partial charge in [0.1, 0.15) is 0 Å². The molecule has 0 unspecified atom stereocenters. The van der Waals surface area contributed by atoms with Crippen molar-refractivity contribution in [3.05, 3.63) is 11.8 Å². The fourth-order valence-electron chi connectivity index (χ4n) is 0.289. The number of rotatable bonds is 3. The molecule has 0 rings (SSSR count). The van der Waals surface area contributed by atoms with Gasteiger partial charge in [-0.05, 0) is 0 Å². The molecular formula is C4H4F5O3P. The molecule has 0 aromatic heterocycles. The summed E-state index contributed by atoms with van der Waals surface area (Å²) in [6.45, 7) is 0. The van der Waals surface area contributed by atoms with E-state index in [0.29, 0.717) is 0 Å². The summed E-state index contributed by atoms with van der Waals surface area (Å²) in [5.41, 5.74) is 0. The molecule has 0 fully saturated rings. The largest absolute Gasteiger partial charge is 0.459 e. The second-order valence-corrected chi connectivity index (χ2v) is 2.73. The quantitative estimate of drug-likeness (QED) is 0.439. The summed E-state index contributed by atoms with van der Waals surface area (Å²) in [5, 5.41) is 0. The maximum Gasteiger partial charge on any atom is 0.449 e. The third kappa shape index (κ3) is 4.97. The van der Waals surface area contributed by atoms with Crippen LogP contribution in [0.5, 0.6) is 0 Å². The van der Waals surface area contributed by atoms with Crippen LogP contribution >= 0.6 is 8.38 Å². The van der Waals surface area contributed by atoms with Crippen molar-refractivity contribution in [3.8, 4) is 0 Å². The topological polar surface area (TPSA) is 49.7 Å². The van der Waals surface area contributed by atoms with E-state index in [2.05, 4.69) is 4.74 Å². The van der Waals surface area contributed by atoms with E-state index < -0.39 is 32.7 Å². The van der Waals surface area contributed by atoms with E-state index in [-0.39, 0.29) is 0 Å². The molecule has 0 spiro atoms. The van der Waals surface area contributed by atoms with Gasteiger partial charge in [-0.1, -0.05) is 0 Å². The number of alkyl halides is 3. The van der Waals surface area contributed by atoms with Gasteiger partial charge >= 0.3 is 12.2 Å². The molecule has 3 nitrogen and oxygen atoms in total. The Kier molecular flexibility index (Phi) is 4.52. The number of hydrogen-bond donors (Lipinski definition) is 2. The van der Waals surface area contributed by atoms with Crippen molar-refractivity contribution in [1.29, 1.82) is 0 Å². The highest BCUT2D eigenvalue weighted by Crippen LogP contribution is 2.32. The normalized spacial score (nSPS) is 14.5. The maximum atomic E-state index is 12.0. The Morgan fingerprint density at radius 1 is 1.23 bits per heavy atom. The van der Waals surface area contributed by atoms with Crippen LogP contribution < -0.4 is 0 Å². The van der Waals surface area contributed by atoms with Gasteiger partial charge in [-0.15, -0.1) is 0 Å². The van der Waals surface area contributed by atoms with Crippen LogP contribution in [0.2, 0.25) is 0 Å². The van der Waals surface area contributed by atoms with E-state index in [1.54, 1.807) is 0 Å². The summed E-state index contributed by atoms with van der Waals surface area (Å²) in [5.74, 6) is -3.04. The fourth-order valence-corrected chi connectivity index (χ4v) is 0.518. The zero-order chi connectivity index (χ0) is 10.6. The Labute approximate surface area is 70.3 Å². The van der Waals surface area contributed by atoms with Crippen molar-refractivity contribution in [3.63, 3.8) is 0 Å². The number of ether oxygens (including phenoxy) is 1. The van der Waals surface area contributed by atoms with Crippen LogP contribution in [0.3, 0.4) is 0 Å². The van der Waals surface area contributed by atoms with E-state index >= 15 is 0 Å². The van der Waals surface area contributed by atoms with Crippen molar-refractivity contribution in [2.45, 2.75) is 6.18 Å². The Morgan fingerprint density at radius 2 is 1.69 bits per heavy atom. The number of hydrogen-bond acceptors (Lipinski definition) is 3. The van der Waals surface area contributed by atoms with Crippen LogP contribution in [-0.2, 0) is 4.74 Å². The van der Waals surface area contributed by atoms with Crippen LogP contribution in [0.1, 0.15) is 0 Å². The minimum Gasteiger partial charge on any atom is -0.459 e. The summed E-state index contributed by atoms with van der Waals surface area (Å²) in [6, 6.07) is -2.51. The standard InChI is InChI=1S/C4H4F5O3P/c5-2(4(7,8)9)3(6)12-1-13(10)11/h10-11H,1H2/b3-2-. The molecule has 2 N–H and O–H groups in total. The van der Waals surface area contributed by atoms with E-state index in [1.165, 1.54) is 0 Å². The second kappa shape index (κ2) is 4.69. The van der Waals surface area contributed by atoms with E-state index in [1.807, 2.05) is 0 Å². The highest BCUT2D eigenvalue weighted by molar-refractivity contribution is 7.44. The maximum absolute atomic E-state index is 12.0. The molecule has 0 amide bonds. The average molecular weight is 226 g/mol. The molecule has 0 bridgehead atoms. The smallest absolute Gasteiger partial charge is 0.449 e. The molecular weight excluding hydrogens is 222 g/mol. The van der Waals surface area contributed by atoms with Crippen molar-refractivity contribution >= 4 is 8.38 Å². The lowest BCUT2D eigenvalue weighted by Gasteiger charge is -2.06. The highest BCUT2D eigenvalue weighted by atomic mass is 31.2. The van der Waals surface area contributed by atoms with Crippen LogP contribution in [0.4, 0.5) is 22.0 Å². The Morgan fingerprint density at radius 3 is 2.00 bits per heavy atom.